The zero-order valence-electron chi connectivity index (χ0n) is 15.0. The van der Waals surface area contributed by atoms with Crippen LogP contribution in [0.15, 0.2) is 28.2 Å². The molecule has 1 aromatic carbocycles. The zero-order chi connectivity index (χ0) is 17.2. The number of fused-ring (bicyclic) bond motifs is 3. The van der Waals surface area contributed by atoms with Crippen LogP contribution in [0.4, 0.5) is 0 Å². The van der Waals surface area contributed by atoms with Crippen LogP contribution in [-0.4, -0.2) is 11.5 Å². The van der Waals surface area contributed by atoms with Gasteiger partial charge in [0.15, 0.2) is 5.66 Å². The molecule has 0 bridgehead atoms. The van der Waals surface area contributed by atoms with Gasteiger partial charge in [-0.2, -0.15) is 0 Å². The first-order valence-electron chi connectivity index (χ1n) is 8.84. The van der Waals surface area contributed by atoms with Crippen molar-refractivity contribution in [3.8, 4) is 11.8 Å². The highest BCUT2D eigenvalue weighted by molar-refractivity contribution is 6.41. The average molecular weight is 335 g/mol. The molecular formula is C22H29N3. The highest BCUT2D eigenvalue weighted by Gasteiger charge is 2.62. The molecule has 25 heavy (non-hydrogen) atoms. The van der Waals surface area contributed by atoms with Crippen molar-refractivity contribution < 1.29 is 0 Å². The molecule has 0 saturated heterocycles. The summed E-state index contributed by atoms with van der Waals surface area (Å²) in [5, 5.41) is 0. The van der Waals surface area contributed by atoms with Crippen LogP contribution in [0.25, 0.3) is 0 Å². The van der Waals surface area contributed by atoms with Gasteiger partial charge in [0.2, 0.25) is 0 Å². The predicted octanol–water partition coefficient (Wildman–Crippen LogP) is 4.43. The molecule has 3 aliphatic rings. The lowest BCUT2D eigenvalue weighted by Crippen LogP contribution is -2.44. The van der Waals surface area contributed by atoms with Gasteiger partial charge in [-0.15, -0.1) is 0 Å². The van der Waals surface area contributed by atoms with Crippen LogP contribution in [0.5, 0.6) is 0 Å². The van der Waals surface area contributed by atoms with Gasteiger partial charge in [-0.05, 0) is 64.7 Å². The number of hydrogen-bond acceptors (Lipinski definition) is 3. The fourth-order valence-corrected chi connectivity index (χ4v) is 4.23. The monoisotopic (exact) mass is 335 g/mol. The lowest BCUT2D eigenvalue weighted by atomic mass is 9.61. The molecule has 3 nitrogen and oxygen atoms in total. The highest BCUT2D eigenvalue weighted by Crippen LogP contribution is 2.64. The van der Waals surface area contributed by atoms with Crippen molar-refractivity contribution in [2.24, 2.45) is 26.5 Å². The smallest absolute Gasteiger partial charge is 0.184 e. The van der Waals surface area contributed by atoms with Gasteiger partial charge in [0.25, 0.3) is 0 Å². The Morgan fingerprint density at radius 3 is 2.40 bits per heavy atom. The maximum Gasteiger partial charge on any atom is 0.184 e. The van der Waals surface area contributed by atoms with Gasteiger partial charge in [0.05, 0.1) is 5.71 Å². The Balaban J connectivity index is 0.00000182. The SMILES string of the molecule is C.CC1=NC2(N=C1N)c1cc(C#CC(C)(C)C)ccc1CC21CCC1. The maximum atomic E-state index is 6.13. The molecule has 0 radical (unpaired) electrons. The number of nitrogens with two attached hydrogens (primary N) is 1. The fraction of sp³-hybridized carbons (Fsp3) is 0.545. The lowest BCUT2D eigenvalue weighted by molar-refractivity contribution is 0.0474. The fourth-order valence-electron chi connectivity index (χ4n) is 4.23. The van der Waals surface area contributed by atoms with E-state index >= 15 is 0 Å². The minimum Gasteiger partial charge on any atom is -0.382 e. The first kappa shape index (κ1) is 17.7. The lowest BCUT2D eigenvalue weighted by Gasteiger charge is -2.46. The van der Waals surface area contributed by atoms with E-state index in [0.717, 1.165) is 17.7 Å². The molecule has 1 heterocycles. The Morgan fingerprint density at radius 1 is 1.16 bits per heavy atom. The number of hydrogen-bond donors (Lipinski definition) is 1. The van der Waals surface area contributed by atoms with E-state index in [4.69, 9.17) is 15.7 Å². The summed E-state index contributed by atoms with van der Waals surface area (Å²) in [5.41, 5.74) is 10.3. The first-order chi connectivity index (χ1) is 11.2. The summed E-state index contributed by atoms with van der Waals surface area (Å²) < 4.78 is 0. The minimum atomic E-state index is -0.492. The van der Waals surface area contributed by atoms with Crippen LogP contribution in [0.2, 0.25) is 0 Å². The van der Waals surface area contributed by atoms with Crippen LogP contribution in [-0.2, 0) is 12.1 Å². The predicted molar refractivity (Wildman–Crippen MR) is 106 cm³/mol. The van der Waals surface area contributed by atoms with Gasteiger partial charge in [0, 0.05) is 22.0 Å². The van der Waals surface area contributed by atoms with Crippen molar-refractivity contribution in [3.05, 3.63) is 34.9 Å². The van der Waals surface area contributed by atoms with Gasteiger partial charge in [-0.1, -0.05) is 31.8 Å². The molecule has 1 atom stereocenters. The molecule has 2 spiro atoms. The molecule has 2 aliphatic carbocycles. The first-order valence-corrected chi connectivity index (χ1v) is 8.84. The third-order valence-electron chi connectivity index (χ3n) is 5.63. The summed E-state index contributed by atoms with van der Waals surface area (Å²) in [7, 11) is 0. The van der Waals surface area contributed by atoms with Crippen LogP contribution in [0, 0.1) is 22.7 Å². The van der Waals surface area contributed by atoms with Crippen LogP contribution < -0.4 is 5.73 Å². The molecule has 1 aromatic rings. The summed E-state index contributed by atoms with van der Waals surface area (Å²) in [6, 6.07) is 6.58. The van der Waals surface area contributed by atoms with E-state index in [-0.39, 0.29) is 18.3 Å². The molecule has 0 aromatic heterocycles. The van der Waals surface area contributed by atoms with Crippen LogP contribution >= 0.6 is 0 Å². The van der Waals surface area contributed by atoms with Crippen molar-refractivity contribution in [2.45, 2.75) is 66.5 Å². The molecule has 3 heteroatoms. The van der Waals surface area contributed by atoms with Crippen molar-refractivity contribution in [3.63, 3.8) is 0 Å². The van der Waals surface area contributed by atoms with Crippen molar-refractivity contribution >= 4 is 11.5 Å². The summed E-state index contributed by atoms with van der Waals surface area (Å²) in [6.45, 7) is 8.37. The maximum absolute atomic E-state index is 6.13. The molecular weight excluding hydrogens is 306 g/mol. The van der Waals surface area contributed by atoms with Crippen molar-refractivity contribution in [1.82, 2.24) is 0 Å². The normalized spacial score (nSPS) is 25.4. The molecule has 1 unspecified atom stereocenters. The van der Waals surface area contributed by atoms with E-state index < -0.39 is 5.66 Å². The van der Waals surface area contributed by atoms with E-state index in [1.54, 1.807) is 0 Å². The second-order valence-corrected chi connectivity index (χ2v) is 8.55. The Hall–Kier alpha value is -2.08. The number of rotatable bonds is 0. The van der Waals surface area contributed by atoms with E-state index in [2.05, 4.69) is 50.8 Å². The van der Waals surface area contributed by atoms with E-state index in [1.165, 1.54) is 30.4 Å². The van der Waals surface area contributed by atoms with E-state index in [1.807, 2.05) is 6.92 Å². The molecule has 1 aliphatic heterocycles. The molecule has 2 N–H and O–H groups in total. The minimum absolute atomic E-state index is 0. The van der Waals surface area contributed by atoms with Gasteiger partial charge in [-0.3, -0.25) is 4.99 Å². The van der Waals surface area contributed by atoms with Crippen molar-refractivity contribution in [2.75, 3.05) is 0 Å². The summed E-state index contributed by atoms with van der Waals surface area (Å²) in [4.78, 5) is 9.92. The van der Waals surface area contributed by atoms with Crippen LogP contribution in [0.3, 0.4) is 0 Å². The number of nitrogens with zero attached hydrogens (tertiary/aromatic N) is 2. The number of benzene rings is 1. The van der Waals surface area contributed by atoms with Crippen molar-refractivity contribution in [1.29, 1.82) is 0 Å². The Bertz CT molecular complexity index is 818. The largest absolute Gasteiger partial charge is 0.382 e. The Labute approximate surface area is 151 Å². The quantitative estimate of drug-likeness (QED) is 0.701. The summed E-state index contributed by atoms with van der Waals surface area (Å²) >= 11 is 0. The Kier molecular flexibility index (Phi) is 3.87. The summed E-state index contributed by atoms with van der Waals surface area (Å²) in [5.74, 6) is 7.25. The third kappa shape index (κ3) is 2.51. The van der Waals surface area contributed by atoms with E-state index in [9.17, 15) is 0 Å². The Morgan fingerprint density at radius 2 is 1.88 bits per heavy atom. The van der Waals surface area contributed by atoms with Crippen LogP contribution in [0.1, 0.15) is 71.1 Å². The average Bonchev–Trinajstić information content (AvgIpc) is 2.91. The third-order valence-corrected chi connectivity index (χ3v) is 5.63. The number of aliphatic imine (C=N–C) groups is 2. The number of amidine groups is 1. The zero-order valence-corrected chi connectivity index (χ0v) is 15.0. The molecule has 0 amide bonds. The molecule has 1 fully saturated rings. The second-order valence-electron chi connectivity index (χ2n) is 8.55. The topological polar surface area (TPSA) is 50.7 Å². The van der Waals surface area contributed by atoms with Gasteiger partial charge < -0.3 is 5.73 Å². The summed E-state index contributed by atoms with van der Waals surface area (Å²) in [6.07, 6.45) is 4.68. The van der Waals surface area contributed by atoms with Gasteiger partial charge in [-0.25, -0.2) is 4.99 Å². The second kappa shape index (κ2) is 5.46. The molecule has 132 valence electrons. The highest BCUT2D eigenvalue weighted by atomic mass is 15.2. The van der Waals surface area contributed by atoms with Gasteiger partial charge >= 0.3 is 0 Å². The standard InChI is InChI=1S/C21H25N3.CH4/c1-14-18(22)24-21(23-14)17-12-15(8-11-19(2,3)4)6-7-16(17)13-20(21)9-5-10-20;/h6-7,12H,5,9-10,13H2,1-4H3,(H2,22,24);1H4. The molecule has 4 rings (SSSR count). The molecule has 1 saturated carbocycles. The van der Waals surface area contributed by atoms with Gasteiger partial charge in [0.1, 0.15) is 5.84 Å². The van der Waals surface area contributed by atoms with E-state index in [0.29, 0.717) is 5.84 Å².